The molecule has 0 bridgehead atoms. The molecule has 28 heavy (non-hydrogen) atoms. The Morgan fingerprint density at radius 3 is 2.82 bits per heavy atom. The number of nitrogens with one attached hydrogen (secondary N) is 1. The first-order valence-electron chi connectivity index (χ1n) is 8.95. The van der Waals surface area contributed by atoms with Gasteiger partial charge < -0.3 is 14.7 Å². The summed E-state index contributed by atoms with van der Waals surface area (Å²) in [6, 6.07) is 10.9. The molecule has 1 aliphatic rings. The number of aryl methyl sites for hydroxylation is 1. The van der Waals surface area contributed by atoms with Crippen molar-refractivity contribution in [3.05, 3.63) is 70.7 Å². The molecule has 4 rings (SSSR count). The van der Waals surface area contributed by atoms with Gasteiger partial charge in [-0.15, -0.1) is 0 Å². The number of hydrogen-bond acceptors (Lipinski definition) is 4. The molecule has 1 atom stereocenters. The molecule has 0 spiro atoms. The molecule has 0 saturated carbocycles. The van der Waals surface area contributed by atoms with Crippen molar-refractivity contribution in [2.45, 2.75) is 13.0 Å². The third-order valence-electron chi connectivity index (χ3n) is 5.01. The van der Waals surface area contributed by atoms with Gasteiger partial charge in [0, 0.05) is 30.3 Å². The zero-order valence-electron chi connectivity index (χ0n) is 15.6. The summed E-state index contributed by atoms with van der Waals surface area (Å²) in [5, 5.41) is 17.5. The molecule has 1 aromatic heterocycles. The largest absolute Gasteiger partial charge is 0.507 e. The third-order valence-corrected chi connectivity index (χ3v) is 5.01. The van der Waals surface area contributed by atoms with Gasteiger partial charge in [-0.25, -0.2) is 4.39 Å². The van der Waals surface area contributed by atoms with Crippen molar-refractivity contribution in [1.29, 1.82) is 0 Å². The van der Waals surface area contributed by atoms with Crippen molar-refractivity contribution in [3.63, 3.8) is 0 Å². The smallest absolute Gasteiger partial charge is 0.273 e. The van der Waals surface area contributed by atoms with Gasteiger partial charge in [0.2, 0.25) is 0 Å². The van der Waals surface area contributed by atoms with Crippen molar-refractivity contribution in [2.24, 2.45) is 0 Å². The quantitative estimate of drug-likeness (QED) is 0.710. The number of phenols is 1. The highest BCUT2D eigenvalue weighted by atomic mass is 19.1. The van der Waals surface area contributed by atoms with Crippen LogP contribution >= 0.6 is 0 Å². The lowest BCUT2D eigenvalue weighted by molar-refractivity contribution is 0.0675. The van der Waals surface area contributed by atoms with Crippen molar-refractivity contribution in [3.8, 4) is 17.0 Å². The van der Waals surface area contributed by atoms with Crippen molar-refractivity contribution in [2.75, 3.05) is 20.3 Å². The molecule has 6 nitrogen and oxygen atoms in total. The highest BCUT2D eigenvalue weighted by Crippen LogP contribution is 2.44. The third kappa shape index (κ3) is 2.84. The molecule has 7 heteroatoms. The standard InChI is InChI=1S/C21H20FN3O3/c1-12-7-8-16(26)14(11-12)18-17-19(24-23-18)21(27)25(9-10-28-2)20(17)13-5-3-4-6-15(13)22/h3-8,11,20,26H,9-10H2,1-2H3,(H,23,24). The average molecular weight is 381 g/mol. The number of aromatic amines is 1. The molecule has 0 radical (unpaired) electrons. The molecule has 2 heterocycles. The maximum atomic E-state index is 14.7. The molecule has 0 saturated heterocycles. The number of methoxy groups -OCH3 is 1. The van der Waals surface area contributed by atoms with Gasteiger partial charge in [-0.3, -0.25) is 9.89 Å². The summed E-state index contributed by atoms with van der Waals surface area (Å²) in [5.41, 5.74) is 3.12. The Balaban J connectivity index is 1.92. The molecular formula is C21H20FN3O3. The van der Waals surface area contributed by atoms with E-state index >= 15 is 0 Å². The van der Waals surface area contributed by atoms with Gasteiger partial charge in [0.15, 0.2) is 0 Å². The minimum atomic E-state index is -0.660. The van der Waals surface area contributed by atoms with Gasteiger partial charge in [-0.1, -0.05) is 29.8 Å². The molecule has 1 unspecified atom stereocenters. The van der Waals surface area contributed by atoms with E-state index in [1.807, 2.05) is 6.92 Å². The number of amides is 1. The van der Waals surface area contributed by atoms with E-state index < -0.39 is 11.9 Å². The van der Waals surface area contributed by atoms with Gasteiger partial charge in [0.25, 0.3) is 5.91 Å². The second kappa shape index (κ2) is 7.09. The van der Waals surface area contributed by atoms with Crippen molar-refractivity contribution < 1.29 is 19.0 Å². The maximum absolute atomic E-state index is 14.7. The number of fused-ring (bicyclic) bond motifs is 1. The van der Waals surface area contributed by atoms with Crippen LogP contribution < -0.4 is 0 Å². The van der Waals surface area contributed by atoms with Crippen LogP contribution in [0.4, 0.5) is 4.39 Å². The second-order valence-electron chi connectivity index (χ2n) is 6.80. The van der Waals surface area contributed by atoms with Crippen LogP contribution in [0.1, 0.15) is 33.2 Å². The number of hydrogen-bond donors (Lipinski definition) is 2. The second-order valence-corrected chi connectivity index (χ2v) is 6.80. The molecular weight excluding hydrogens is 361 g/mol. The number of nitrogens with zero attached hydrogens (tertiary/aromatic N) is 2. The van der Waals surface area contributed by atoms with Gasteiger partial charge in [-0.05, 0) is 25.1 Å². The first-order chi connectivity index (χ1) is 13.5. The maximum Gasteiger partial charge on any atom is 0.273 e. The summed E-state index contributed by atoms with van der Waals surface area (Å²) in [6.45, 7) is 2.52. The van der Waals surface area contributed by atoms with Crippen LogP contribution in [0, 0.1) is 12.7 Å². The summed E-state index contributed by atoms with van der Waals surface area (Å²) in [6.07, 6.45) is 0. The van der Waals surface area contributed by atoms with Gasteiger partial charge in [0.05, 0.1) is 12.6 Å². The monoisotopic (exact) mass is 381 g/mol. The summed E-state index contributed by atoms with van der Waals surface area (Å²) in [7, 11) is 1.55. The normalized spacial score (nSPS) is 15.9. The van der Waals surface area contributed by atoms with Crippen LogP contribution in [0.25, 0.3) is 11.3 Å². The molecule has 2 aromatic carbocycles. The molecule has 144 valence electrons. The lowest BCUT2D eigenvalue weighted by atomic mass is 9.95. The zero-order valence-corrected chi connectivity index (χ0v) is 15.6. The van der Waals surface area contributed by atoms with Crippen LogP contribution in [0.15, 0.2) is 42.5 Å². The first-order valence-corrected chi connectivity index (χ1v) is 8.95. The van der Waals surface area contributed by atoms with E-state index in [1.165, 1.54) is 6.07 Å². The number of aromatic nitrogens is 2. The fourth-order valence-electron chi connectivity index (χ4n) is 3.68. The minimum Gasteiger partial charge on any atom is -0.507 e. The van der Waals surface area contributed by atoms with E-state index in [0.29, 0.717) is 41.2 Å². The fourth-order valence-corrected chi connectivity index (χ4v) is 3.68. The SMILES string of the molecule is COCCN1C(=O)c2[nH]nc(-c3cc(C)ccc3O)c2C1c1ccccc1F. The predicted octanol–water partition coefficient (Wildman–Crippen LogP) is 3.42. The van der Waals surface area contributed by atoms with Crippen LogP contribution in [0.2, 0.25) is 0 Å². The number of aromatic hydroxyl groups is 1. The Morgan fingerprint density at radius 2 is 2.07 bits per heavy atom. The van der Waals surface area contributed by atoms with Crippen molar-refractivity contribution in [1.82, 2.24) is 15.1 Å². The molecule has 0 fully saturated rings. The number of phenolic OH excluding ortho intramolecular Hbond substituents is 1. The summed E-state index contributed by atoms with van der Waals surface area (Å²) in [4.78, 5) is 14.6. The molecule has 1 aliphatic heterocycles. The van der Waals surface area contributed by atoms with Crippen LogP contribution in [-0.2, 0) is 4.74 Å². The lowest BCUT2D eigenvalue weighted by Gasteiger charge is -2.26. The van der Waals surface area contributed by atoms with Crippen molar-refractivity contribution >= 4 is 5.91 Å². The summed E-state index contributed by atoms with van der Waals surface area (Å²) >= 11 is 0. The minimum absolute atomic E-state index is 0.0509. The van der Waals surface area contributed by atoms with Crippen LogP contribution in [0.5, 0.6) is 5.75 Å². The van der Waals surface area contributed by atoms with E-state index in [0.717, 1.165) is 5.56 Å². The Hall–Kier alpha value is -3.19. The lowest BCUT2D eigenvalue weighted by Crippen LogP contribution is -2.33. The molecule has 0 aliphatic carbocycles. The molecule has 2 N–H and O–H groups in total. The number of ether oxygens (including phenoxy) is 1. The highest BCUT2D eigenvalue weighted by Gasteiger charge is 2.43. The number of H-pyrrole nitrogens is 1. The number of carbonyl (C=O) groups excluding carboxylic acids is 1. The first kappa shape index (κ1) is 18.2. The number of benzene rings is 2. The van der Waals surface area contributed by atoms with E-state index in [2.05, 4.69) is 10.2 Å². The summed E-state index contributed by atoms with van der Waals surface area (Å²) in [5.74, 6) is -0.627. The predicted molar refractivity (Wildman–Crippen MR) is 102 cm³/mol. The fraction of sp³-hybridized carbons (Fsp3) is 0.238. The van der Waals surface area contributed by atoms with E-state index in [1.54, 1.807) is 48.4 Å². The van der Waals surface area contributed by atoms with E-state index in [-0.39, 0.29) is 11.7 Å². The Labute approximate surface area is 161 Å². The van der Waals surface area contributed by atoms with Crippen LogP contribution in [0.3, 0.4) is 0 Å². The Morgan fingerprint density at radius 1 is 1.29 bits per heavy atom. The van der Waals surface area contributed by atoms with Gasteiger partial charge >= 0.3 is 0 Å². The van der Waals surface area contributed by atoms with E-state index in [9.17, 15) is 14.3 Å². The number of halogens is 1. The number of rotatable bonds is 5. The Kier molecular flexibility index (Phi) is 4.60. The van der Waals surface area contributed by atoms with Gasteiger partial charge in [-0.2, -0.15) is 5.10 Å². The summed E-state index contributed by atoms with van der Waals surface area (Å²) < 4.78 is 19.8. The Bertz CT molecular complexity index is 1050. The average Bonchev–Trinajstić information content (AvgIpc) is 3.22. The topological polar surface area (TPSA) is 78.5 Å². The van der Waals surface area contributed by atoms with E-state index in [4.69, 9.17) is 4.74 Å². The zero-order chi connectivity index (χ0) is 19.8. The highest BCUT2D eigenvalue weighted by molar-refractivity contribution is 6.00. The van der Waals surface area contributed by atoms with Crippen LogP contribution in [-0.4, -0.2) is 46.4 Å². The van der Waals surface area contributed by atoms with Gasteiger partial charge in [0.1, 0.15) is 23.0 Å². The number of carbonyl (C=O) groups is 1. The molecule has 1 amide bonds. The molecule has 3 aromatic rings.